The quantitative estimate of drug-likeness (QED) is 0.506. The molecule has 1 aromatic carbocycles. The Morgan fingerprint density at radius 3 is 2.41 bits per heavy atom. The van der Waals surface area contributed by atoms with Gasteiger partial charge in [0.25, 0.3) is 12.3 Å². The van der Waals surface area contributed by atoms with E-state index in [2.05, 4.69) is 10.6 Å². The van der Waals surface area contributed by atoms with Crippen molar-refractivity contribution in [2.45, 2.75) is 44.3 Å². The van der Waals surface area contributed by atoms with E-state index in [1.807, 2.05) is 0 Å². The van der Waals surface area contributed by atoms with Crippen LogP contribution in [-0.4, -0.2) is 38.2 Å². The Morgan fingerprint density at radius 1 is 1.26 bits per heavy atom. The lowest BCUT2D eigenvalue weighted by atomic mass is 9.85. The number of anilines is 2. The molecule has 1 fully saturated rings. The lowest BCUT2D eigenvalue weighted by Crippen LogP contribution is -2.40. The molecule has 1 aliphatic rings. The van der Waals surface area contributed by atoms with Crippen LogP contribution in [-0.2, 0) is 0 Å². The van der Waals surface area contributed by atoms with Gasteiger partial charge in [0.2, 0.25) is 0 Å². The molecule has 152 valence electrons. The first-order valence-electron chi connectivity index (χ1n) is 8.52. The fourth-order valence-corrected chi connectivity index (χ4v) is 3.13. The van der Waals surface area contributed by atoms with Crippen molar-refractivity contribution in [1.29, 1.82) is 0 Å². The Morgan fingerprint density at radius 2 is 1.89 bits per heavy atom. The molecule has 5 nitrogen and oxygen atoms in total. The number of ether oxygens (including phenoxy) is 1. The maximum Gasteiger partial charge on any atom is 0.391 e. The monoisotopic (exact) mass is 395 g/mol. The van der Waals surface area contributed by atoms with Crippen LogP contribution in [0.2, 0.25) is 0 Å². The topological polar surface area (TPSA) is 76.4 Å². The maximum absolute atomic E-state index is 12.7. The summed E-state index contributed by atoms with van der Waals surface area (Å²) in [6.07, 6.45) is -6.74. The highest BCUT2D eigenvalue weighted by Crippen LogP contribution is 2.38. The normalized spacial score (nSPS) is 20.4. The molecular formula is C17H22F5N3O2. The molecule has 0 unspecified atom stereocenters. The third kappa shape index (κ3) is 5.36. The SMILES string of the molecule is CNc1ccc(C(=O)NC2CCC(C(F)(F)F)CC2)c(OCC(F)F)c1N. The fraction of sp³-hybridized carbons (Fsp3) is 0.588. The van der Waals surface area contributed by atoms with Crippen molar-refractivity contribution in [3.8, 4) is 5.75 Å². The number of alkyl halides is 5. The number of carbonyl (C=O) groups excluding carboxylic acids is 1. The lowest BCUT2D eigenvalue weighted by Gasteiger charge is -2.30. The van der Waals surface area contributed by atoms with E-state index in [1.165, 1.54) is 12.1 Å². The first kappa shape index (κ1) is 21.0. The Hall–Kier alpha value is -2.26. The van der Waals surface area contributed by atoms with Gasteiger partial charge in [0.05, 0.1) is 22.9 Å². The number of amides is 1. The Bertz CT molecular complexity index is 659. The number of hydrogen-bond donors (Lipinski definition) is 3. The summed E-state index contributed by atoms with van der Waals surface area (Å²) in [7, 11) is 1.57. The number of carbonyl (C=O) groups is 1. The Kier molecular flexibility index (Phi) is 6.72. The van der Waals surface area contributed by atoms with Crippen LogP contribution in [0.25, 0.3) is 0 Å². The van der Waals surface area contributed by atoms with Crippen LogP contribution in [0.15, 0.2) is 12.1 Å². The van der Waals surface area contributed by atoms with E-state index >= 15 is 0 Å². The Labute approximate surface area is 153 Å². The van der Waals surface area contributed by atoms with E-state index in [0.29, 0.717) is 5.69 Å². The molecule has 0 radical (unpaired) electrons. The second-order valence-electron chi connectivity index (χ2n) is 6.42. The molecule has 2 rings (SSSR count). The minimum absolute atomic E-state index is 0.00609. The molecule has 0 heterocycles. The smallest absolute Gasteiger partial charge is 0.391 e. The zero-order chi connectivity index (χ0) is 20.2. The van der Waals surface area contributed by atoms with Gasteiger partial charge in [0.15, 0.2) is 5.75 Å². The van der Waals surface area contributed by atoms with Crippen LogP contribution in [0.5, 0.6) is 5.75 Å². The average molecular weight is 395 g/mol. The van der Waals surface area contributed by atoms with E-state index < -0.39 is 37.1 Å². The van der Waals surface area contributed by atoms with E-state index in [9.17, 15) is 26.7 Å². The molecular weight excluding hydrogens is 373 g/mol. The number of nitrogen functional groups attached to an aromatic ring is 1. The summed E-state index contributed by atoms with van der Waals surface area (Å²) in [5.41, 5.74) is 6.25. The van der Waals surface area contributed by atoms with Gasteiger partial charge < -0.3 is 21.1 Å². The van der Waals surface area contributed by atoms with Gasteiger partial charge in [-0.3, -0.25) is 4.79 Å². The summed E-state index contributed by atoms with van der Waals surface area (Å²) in [5.74, 6) is -2.16. The van der Waals surface area contributed by atoms with Crippen molar-refractivity contribution < 1.29 is 31.5 Å². The van der Waals surface area contributed by atoms with Crippen LogP contribution in [0, 0.1) is 5.92 Å². The van der Waals surface area contributed by atoms with Crippen molar-refractivity contribution >= 4 is 17.3 Å². The van der Waals surface area contributed by atoms with Crippen molar-refractivity contribution in [1.82, 2.24) is 5.32 Å². The van der Waals surface area contributed by atoms with E-state index in [4.69, 9.17) is 10.5 Å². The highest BCUT2D eigenvalue weighted by molar-refractivity contribution is 6.00. The Balaban J connectivity index is 2.10. The summed E-state index contributed by atoms with van der Waals surface area (Å²) >= 11 is 0. The maximum atomic E-state index is 12.7. The number of nitrogens with two attached hydrogens (primary N) is 1. The number of rotatable bonds is 6. The van der Waals surface area contributed by atoms with Crippen LogP contribution in [0.4, 0.5) is 33.3 Å². The molecule has 10 heteroatoms. The summed E-state index contributed by atoms with van der Waals surface area (Å²) in [6, 6.07) is 2.45. The van der Waals surface area contributed by atoms with Crippen LogP contribution < -0.4 is 21.1 Å². The van der Waals surface area contributed by atoms with Gasteiger partial charge in [0, 0.05) is 13.1 Å². The van der Waals surface area contributed by atoms with Gasteiger partial charge in [-0.25, -0.2) is 8.78 Å². The minimum Gasteiger partial charge on any atom is -0.485 e. The third-order valence-electron chi connectivity index (χ3n) is 4.59. The molecule has 0 spiro atoms. The highest BCUT2D eigenvalue weighted by Gasteiger charge is 2.41. The second kappa shape index (κ2) is 8.62. The summed E-state index contributed by atoms with van der Waals surface area (Å²) in [4.78, 5) is 12.5. The lowest BCUT2D eigenvalue weighted by molar-refractivity contribution is -0.182. The summed E-state index contributed by atoms with van der Waals surface area (Å²) in [6.45, 7) is -0.936. The summed E-state index contributed by atoms with van der Waals surface area (Å²) < 4.78 is 68.2. The van der Waals surface area contributed by atoms with Gasteiger partial charge in [-0.2, -0.15) is 13.2 Å². The fourth-order valence-electron chi connectivity index (χ4n) is 3.13. The number of benzene rings is 1. The van der Waals surface area contributed by atoms with Crippen molar-refractivity contribution in [2.24, 2.45) is 5.92 Å². The van der Waals surface area contributed by atoms with Crippen molar-refractivity contribution in [3.05, 3.63) is 17.7 Å². The van der Waals surface area contributed by atoms with Crippen molar-refractivity contribution in [3.63, 3.8) is 0 Å². The van der Waals surface area contributed by atoms with Crippen LogP contribution in [0.1, 0.15) is 36.0 Å². The molecule has 1 amide bonds. The molecule has 1 aromatic rings. The molecule has 27 heavy (non-hydrogen) atoms. The van der Waals surface area contributed by atoms with E-state index in [0.717, 1.165) is 0 Å². The van der Waals surface area contributed by atoms with Gasteiger partial charge in [-0.15, -0.1) is 0 Å². The average Bonchev–Trinajstić information content (AvgIpc) is 2.59. The minimum atomic E-state index is -4.23. The molecule has 1 saturated carbocycles. The van der Waals surface area contributed by atoms with E-state index in [1.54, 1.807) is 7.05 Å². The number of nitrogens with one attached hydrogen (secondary N) is 2. The first-order chi connectivity index (χ1) is 12.6. The molecule has 4 N–H and O–H groups in total. The number of hydrogen-bond acceptors (Lipinski definition) is 4. The first-order valence-corrected chi connectivity index (χ1v) is 8.52. The van der Waals surface area contributed by atoms with Gasteiger partial charge in [0.1, 0.15) is 6.61 Å². The van der Waals surface area contributed by atoms with Gasteiger partial charge in [-0.05, 0) is 37.8 Å². The van der Waals surface area contributed by atoms with Crippen molar-refractivity contribution in [2.75, 3.05) is 24.7 Å². The summed E-state index contributed by atoms with van der Waals surface area (Å²) in [5, 5.41) is 5.41. The largest absolute Gasteiger partial charge is 0.485 e. The zero-order valence-corrected chi connectivity index (χ0v) is 14.7. The van der Waals surface area contributed by atoms with Crippen LogP contribution in [0.3, 0.4) is 0 Å². The zero-order valence-electron chi connectivity index (χ0n) is 14.7. The molecule has 0 bridgehead atoms. The molecule has 1 aliphatic carbocycles. The molecule has 0 atom stereocenters. The predicted octanol–water partition coefficient (Wildman–Crippen LogP) is 3.81. The standard InChI is InChI=1S/C17H22F5N3O2/c1-24-12-7-6-11(15(14(12)23)27-8-13(18)19)16(26)25-10-4-2-9(3-5-10)17(20,21)22/h6-7,9-10,13,24H,2-5,8,23H2,1H3,(H,25,26). The van der Waals surface area contributed by atoms with Gasteiger partial charge in [-0.1, -0.05) is 0 Å². The molecule has 0 aliphatic heterocycles. The van der Waals surface area contributed by atoms with Crippen LogP contribution >= 0.6 is 0 Å². The predicted molar refractivity (Wildman–Crippen MR) is 91.2 cm³/mol. The molecule has 0 saturated heterocycles. The van der Waals surface area contributed by atoms with Gasteiger partial charge >= 0.3 is 6.18 Å². The number of halogens is 5. The highest BCUT2D eigenvalue weighted by atomic mass is 19.4. The van der Waals surface area contributed by atoms with E-state index in [-0.39, 0.29) is 42.7 Å². The third-order valence-corrected chi connectivity index (χ3v) is 4.59. The molecule has 0 aromatic heterocycles. The second-order valence-corrected chi connectivity index (χ2v) is 6.42.